The van der Waals surface area contributed by atoms with E-state index in [-0.39, 0.29) is 18.4 Å². The number of methoxy groups -OCH3 is 2. The maximum atomic E-state index is 12.3. The zero-order valence-corrected chi connectivity index (χ0v) is 16.4. The number of amides is 2. The van der Waals surface area contributed by atoms with Gasteiger partial charge in [-0.25, -0.2) is 0 Å². The first-order valence-electron chi connectivity index (χ1n) is 8.46. The van der Waals surface area contributed by atoms with Crippen LogP contribution >= 0.6 is 11.6 Å². The third kappa shape index (κ3) is 5.89. The summed E-state index contributed by atoms with van der Waals surface area (Å²) in [5.41, 5.74) is 1.58. The monoisotopic (exact) mass is 390 g/mol. The molecule has 27 heavy (non-hydrogen) atoms. The summed E-state index contributed by atoms with van der Waals surface area (Å²) in [5.74, 6) is 0.549. The largest absolute Gasteiger partial charge is 0.497 e. The van der Waals surface area contributed by atoms with Gasteiger partial charge in [-0.15, -0.1) is 0 Å². The summed E-state index contributed by atoms with van der Waals surface area (Å²) in [7, 11) is 3.05. The molecule has 0 aliphatic carbocycles. The van der Waals surface area contributed by atoms with Crippen LogP contribution in [0.4, 0.5) is 5.69 Å². The molecular weight excluding hydrogens is 368 g/mol. The van der Waals surface area contributed by atoms with Crippen molar-refractivity contribution in [3.8, 4) is 11.5 Å². The third-order valence-corrected chi connectivity index (χ3v) is 4.26. The molecule has 2 amide bonds. The molecule has 0 radical (unpaired) electrons. The molecule has 6 nitrogen and oxygen atoms in total. The van der Waals surface area contributed by atoms with Gasteiger partial charge in [-0.05, 0) is 36.2 Å². The molecule has 0 aliphatic rings. The van der Waals surface area contributed by atoms with E-state index in [2.05, 4.69) is 5.32 Å². The second-order valence-corrected chi connectivity index (χ2v) is 6.31. The van der Waals surface area contributed by atoms with Crippen molar-refractivity contribution in [2.45, 2.75) is 13.3 Å². The molecule has 0 aliphatic heterocycles. The van der Waals surface area contributed by atoms with Crippen molar-refractivity contribution in [1.82, 2.24) is 5.32 Å². The Labute approximate surface area is 164 Å². The highest BCUT2D eigenvalue weighted by molar-refractivity contribution is 6.30. The van der Waals surface area contributed by atoms with Crippen LogP contribution in [0.1, 0.15) is 12.5 Å². The maximum absolute atomic E-state index is 12.3. The van der Waals surface area contributed by atoms with E-state index in [0.717, 1.165) is 5.56 Å². The lowest BCUT2D eigenvalue weighted by Gasteiger charge is -2.23. The number of hydrogen-bond donors (Lipinski definition) is 1. The smallest absolute Gasteiger partial charge is 0.240 e. The van der Waals surface area contributed by atoms with Gasteiger partial charge in [0.1, 0.15) is 18.0 Å². The fraction of sp³-hybridized carbons (Fsp3) is 0.300. The molecular formula is C20H23ClN2O4. The summed E-state index contributed by atoms with van der Waals surface area (Å²) >= 11 is 5.86. The third-order valence-electron chi connectivity index (χ3n) is 4.01. The van der Waals surface area contributed by atoms with Crippen LogP contribution in [0.3, 0.4) is 0 Å². The summed E-state index contributed by atoms with van der Waals surface area (Å²) < 4.78 is 10.5. The van der Waals surface area contributed by atoms with E-state index < -0.39 is 0 Å². The molecule has 0 saturated heterocycles. The van der Waals surface area contributed by atoms with E-state index in [4.69, 9.17) is 21.1 Å². The number of rotatable bonds is 8. The first kappa shape index (κ1) is 20.6. The Balaban J connectivity index is 2.00. The Kier molecular flexibility index (Phi) is 7.49. The zero-order chi connectivity index (χ0) is 19.8. The Bertz CT molecular complexity index is 793. The standard InChI is InChI=1S/C20H23ClN2O4/c1-14(24)23(18-9-8-17(26-2)12-19(18)27-3)13-20(25)22-11-10-15-4-6-16(21)7-5-15/h4-9,12H,10-11,13H2,1-3H3,(H,22,25). The number of halogens is 1. The highest BCUT2D eigenvalue weighted by atomic mass is 35.5. The molecule has 0 bridgehead atoms. The Hall–Kier alpha value is -2.73. The number of nitrogens with zero attached hydrogens (tertiary/aromatic N) is 1. The minimum absolute atomic E-state index is 0.0986. The van der Waals surface area contributed by atoms with Crippen LogP contribution in [0.2, 0.25) is 5.02 Å². The van der Waals surface area contributed by atoms with Crippen LogP contribution in [0.25, 0.3) is 0 Å². The molecule has 0 aromatic heterocycles. The van der Waals surface area contributed by atoms with E-state index in [1.54, 1.807) is 25.3 Å². The first-order chi connectivity index (χ1) is 12.9. The summed E-state index contributed by atoms with van der Waals surface area (Å²) in [6, 6.07) is 12.5. The van der Waals surface area contributed by atoms with Gasteiger partial charge in [0.15, 0.2) is 0 Å². The molecule has 2 rings (SSSR count). The van der Waals surface area contributed by atoms with Gasteiger partial charge in [0.05, 0.1) is 19.9 Å². The molecule has 1 N–H and O–H groups in total. The number of carbonyl (C=O) groups is 2. The average molecular weight is 391 g/mol. The van der Waals surface area contributed by atoms with Crippen molar-refractivity contribution in [2.24, 2.45) is 0 Å². The predicted molar refractivity (Wildman–Crippen MR) is 106 cm³/mol. The lowest BCUT2D eigenvalue weighted by molar-refractivity contribution is -0.123. The number of benzene rings is 2. The van der Waals surface area contributed by atoms with Crippen LogP contribution in [0.5, 0.6) is 11.5 Å². The SMILES string of the molecule is COc1ccc(N(CC(=O)NCCc2ccc(Cl)cc2)C(C)=O)c(OC)c1. The Morgan fingerprint density at radius 2 is 1.78 bits per heavy atom. The van der Waals surface area contributed by atoms with Crippen LogP contribution in [0.15, 0.2) is 42.5 Å². The van der Waals surface area contributed by atoms with Gasteiger partial charge in [-0.2, -0.15) is 0 Å². The summed E-state index contributed by atoms with van der Waals surface area (Å²) in [4.78, 5) is 25.8. The number of ether oxygens (including phenoxy) is 2. The van der Waals surface area contributed by atoms with Crippen molar-refractivity contribution in [2.75, 3.05) is 32.2 Å². The van der Waals surface area contributed by atoms with Gasteiger partial charge in [0, 0.05) is 24.6 Å². The minimum atomic E-state index is -0.258. The fourth-order valence-electron chi connectivity index (χ4n) is 2.57. The summed E-state index contributed by atoms with van der Waals surface area (Å²) in [6.45, 7) is 1.77. The van der Waals surface area contributed by atoms with E-state index in [1.165, 1.54) is 18.9 Å². The van der Waals surface area contributed by atoms with Crippen molar-refractivity contribution in [1.29, 1.82) is 0 Å². The lowest BCUT2D eigenvalue weighted by Crippen LogP contribution is -2.40. The minimum Gasteiger partial charge on any atom is -0.497 e. The second-order valence-electron chi connectivity index (χ2n) is 5.87. The Morgan fingerprint density at radius 1 is 1.07 bits per heavy atom. The molecule has 7 heteroatoms. The quantitative estimate of drug-likeness (QED) is 0.752. The molecule has 2 aromatic rings. The predicted octanol–water partition coefficient (Wildman–Crippen LogP) is 3.07. The number of carbonyl (C=O) groups excluding carboxylic acids is 2. The molecule has 2 aromatic carbocycles. The first-order valence-corrected chi connectivity index (χ1v) is 8.83. The van der Waals surface area contributed by atoms with Gasteiger partial charge in [-0.3, -0.25) is 14.5 Å². The van der Waals surface area contributed by atoms with E-state index in [0.29, 0.717) is 35.2 Å². The lowest BCUT2D eigenvalue weighted by atomic mass is 10.1. The molecule has 0 spiro atoms. The topological polar surface area (TPSA) is 67.9 Å². The van der Waals surface area contributed by atoms with Crippen molar-refractivity contribution in [3.05, 3.63) is 53.1 Å². The van der Waals surface area contributed by atoms with Crippen molar-refractivity contribution in [3.63, 3.8) is 0 Å². The van der Waals surface area contributed by atoms with Gasteiger partial charge in [0.2, 0.25) is 11.8 Å². The van der Waals surface area contributed by atoms with E-state index in [1.807, 2.05) is 24.3 Å². The normalized spacial score (nSPS) is 10.2. The van der Waals surface area contributed by atoms with E-state index >= 15 is 0 Å². The number of hydrogen-bond acceptors (Lipinski definition) is 4. The van der Waals surface area contributed by atoms with Gasteiger partial charge in [0.25, 0.3) is 0 Å². The average Bonchev–Trinajstić information content (AvgIpc) is 2.67. The van der Waals surface area contributed by atoms with Gasteiger partial charge >= 0.3 is 0 Å². The zero-order valence-electron chi connectivity index (χ0n) is 15.6. The number of nitrogens with one attached hydrogen (secondary N) is 1. The summed E-state index contributed by atoms with van der Waals surface area (Å²) in [6.07, 6.45) is 0.675. The molecule has 0 atom stereocenters. The molecule has 0 heterocycles. The van der Waals surface area contributed by atoms with Crippen molar-refractivity contribution >= 4 is 29.1 Å². The van der Waals surface area contributed by atoms with Crippen LogP contribution < -0.4 is 19.7 Å². The molecule has 0 fully saturated rings. The summed E-state index contributed by atoms with van der Waals surface area (Å²) in [5, 5.41) is 3.50. The molecule has 144 valence electrons. The fourth-order valence-corrected chi connectivity index (χ4v) is 2.70. The number of anilines is 1. The highest BCUT2D eigenvalue weighted by Gasteiger charge is 2.19. The highest BCUT2D eigenvalue weighted by Crippen LogP contribution is 2.32. The van der Waals surface area contributed by atoms with Crippen LogP contribution in [0, 0.1) is 0 Å². The van der Waals surface area contributed by atoms with Crippen molar-refractivity contribution < 1.29 is 19.1 Å². The van der Waals surface area contributed by atoms with Crippen LogP contribution in [-0.2, 0) is 16.0 Å². The van der Waals surface area contributed by atoms with Gasteiger partial charge in [-0.1, -0.05) is 23.7 Å². The molecule has 0 saturated carbocycles. The van der Waals surface area contributed by atoms with Gasteiger partial charge < -0.3 is 14.8 Å². The van der Waals surface area contributed by atoms with Crippen LogP contribution in [-0.4, -0.2) is 39.1 Å². The van der Waals surface area contributed by atoms with E-state index in [9.17, 15) is 9.59 Å². The maximum Gasteiger partial charge on any atom is 0.240 e. The second kappa shape index (κ2) is 9.83. The molecule has 0 unspecified atom stereocenters. The Morgan fingerprint density at radius 3 is 2.37 bits per heavy atom.